The van der Waals surface area contributed by atoms with Crippen molar-refractivity contribution in [3.05, 3.63) is 65.7 Å². The van der Waals surface area contributed by atoms with Gasteiger partial charge in [0.15, 0.2) is 0 Å². The number of nitrogens with one attached hydrogen (secondary N) is 1. The molecule has 0 aliphatic carbocycles. The van der Waals surface area contributed by atoms with Crippen molar-refractivity contribution >= 4 is 11.6 Å². The smallest absolute Gasteiger partial charge is 0.224 e. The summed E-state index contributed by atoms with van der Waals surface area (Å²) in [6.07, 6.45) is 0.351. The van der Waals surface area contributed by atoms with Crippen LogP contribution >= 0.6 is 0 Å². The Labute approximate surface area is 131 Å². The quantitative estimate of drug-likeness (QED) is 0.772. The minimum absolute atomic E-state index is 0.0133. The van der Waals surface area contributed by atoms with E-state index in [0.29, 0.717) is 25.3 Å². The van der Waals surface area contributed by atoms with E-state index in [1.165, 1.54) is 0 Å². The van der Waals surface area contributed by atoms with Gasteiger partial charge in [-0.15, -0.1) is 0 Å². The molecular weight excluding hydrogens is 276 g/mol. The summed E-state index contributed by atoms with van der Waals surface area (Å²) in [6, 6.07) is 17.3. The molecule has 0 aliphatic heterocycles. The van der Waals surface area contributed by atoms with Crippen molar-refractivity contribution in [3.63, 3.8) is 0 Å². The lowest BCUT2D eigenvalue weighted by molar-refractivity contribution is -0.121. The fourth-order valence-electron chi connectivity index (χ4n) is 2.12. The SMILES string of the molecule is CC(COCc1ccccc1)NC(=O)Cc1ccc(N)cc1. The van der Waals surface area contributed by atoms with Crippen LogP contribution in [0.2, 0.25) is 0 Å². The van der Waals surface area contributed by atoms with Crippen LogP contribution in [0.5, 0.6) is 0 Å². The summed E-state index contributed by atoms with van der Waals surface area (Å²) < 4.78 is 5.62. The number of nitrogens with two attached hydrogens (primary N) is 1. The number of carbonyl (C=O) groups excluding carboxylic acids is 1. The Bertz CT molecular complexity index is 582. The summed E-state index contributed by atoms with van der Waals surface area (Å²) in [5.41, 5.74) is 8.40. The van der Waals surface area contributed by atoms with Crippen molar-refractivity contribution < 1.29 is 9.53 Å². The molecule has 0 saturated carbocycles. The molecule has 0 bridgehead atoms. The number of carbonyl (C=O) groups is 1. The second-order valence-electron chi connectivity index (χ2n) is 5.39. The normalized spacial score (nSPS) is 11.9. The number of hydrogen-bond acceptors (Lipinski definition) is 3. The maximum absolute atomic E-state index is 11.9. The summed E-state index contributed by atoms with van der Waals surface area (Å²) in [5, 5.41) is 2.93. The van der Waals surface area contributed by atoms with Gasteiger partial charge >= 0.3 is 0 Å². The van der Waals surface area contributed by atoms with Crippen molar-refractivity contribution in [2.45, 2.75) is 26.0 Å². The monoisotopic (exact) mass is 298 g/mol. The van der Waals surface area contributed by atoms with Crippen LogP contribution in [-0.4, -0.2) is 18.6 Å². The molecule has 1 amide bonds. The van der Waals surface area contributed by atoms with Gasteiger partial charge in [0.2, 0.25) is 5.91 Å². The van der Waals surface area contributed by atoms with E-state index in [1.54, 1.807) is 12.1 Å². The maximum Gasteiger partial charge on any atom is 0.224 e. The Kier molecular flexibility index (Phi) is 5.98. The predicted molar refractivity (Wildman–Crippen MR) is 88.3 cm³/mol. The van der Waals surface area contributed by atoms with Crippen molar-refractivity contribution in [2.75, 3.05) is 12.3 Å². The molecule has 2 aromatic rings. The van der Waals surface area contributed by atoms with Crippen LogP contribution < -0.4 is 11.1 Å². The second kappa shape index (κ2) is 8.20. The molecule has 1 unspecified atom stereocenters. The molecule has 0 radical (unpaired) electrons. The van der Waals surface area contributed by atoms with Gasteiger partial charge in [0.05, 0.1) is 19.6 Å². The first-order valence-corrected chi connectivity index (χ1v) is 7.39. The van der Waals surface area contributed by atoms with Crippen LogP contribution in [0.1, 0.15) is 18.1 Å². The Morgan fingerprint density at radius 1 is 1.09 bits per heavy atom. The molecule has 1 atom stereocenters. The molecule has 0 heterocycles. The van der Waals surface area contributed by atoms with E-state index in [-0.39, 0.29) is 11.9 Å². The zero-order valence-corrected chi connectivity index (χ0v) is 12.8. The second-order valence-corrected chi connectivity index (χ2v) is 5.39. The van der Waals surface area contributed by atoms with Gasteiger partial charge in [-0.3, -0.25) is 4.79 Å². The third kappa shape index (κ3) is 5.58. The highest BCUT2D eigenvalue weighted by atomic mass is 16.5. The summed E-state index contributed by atoms with van der Waals surface area (Å²) in [7, 11) is 0. The molecule has 2 aromatic carbocycles. The molecule has 3 N–H and O–H groups in total. The highest BCUT2D eigenvalue weighted by Gasteiger charge is 2.08. The molecule has 4 nitrogen and oxygen atoms in total. The largest absolute Gasteiger partial charge is 0.399 e. The molecule has 116 valence electrons. The van der Waals surface area contributed by atoms with Crippen LogP contribution in [0.4, 0.5) is 5.69 Å². The highest BCUT2D eigenvalue weighted by Crippen LogP contribution is 2.06. The standard InChI is InChI=1S/C18H22N2O2/c1-14(12-22-13-16-5-3-2-4-6-16)20-18(21)11-15-7-9-17(19)10-8-15/h2-10,14H,11-13,19H2,1H3,(H,20,21). The van der Waals surface area contributed by atoms with Crippen LogP contribution in [0, 0.1) is 0 Å². The molecule has 0 saturated heterocycles. The lowest BCUT2D eigenvalue weighted by Crippen LogP contribution is -2.36. The minimum atomic E-state index is -0.0232. The summed E-state index contributed by atoms with van der Waals surface area (Å²) >= 11 is 0. The molecular formula is C18H22N2O2. The van der Waals surface area contributed by atoms with Crippen LogP contribution in [-0.2, 0) is 22.6 Å². The molecule has 0 aliphatic rings. The number of anilines is 1. The van der Waals surface area contributed by atoms with E-state index >= 15 is 0 Å². The van der Waals surface area contributed by atoms with E-state index < -0.39 is 0 Å². The highest BCUT2D eigenvalue weighted by molar-refractivity contribution is 5.78. The molecule has 4 heteroatoms. The number of nitrogen functional groups attached to an aromatic ring is 1. The van der Waals surface area contributed by atoms with E-state index in [9.17, 15) is 4.79 Å². The first-order chi connectivity index (χ1) is 10.6. The lowest BCUT2D eigenvalue weighted by atomic mass is 10.1. The summed E-state index contributed by atoms with van der Waals surface area (Å²) in [4.78, 5) is 11.9. The van der Waals surface area contributed by atoms with E-state index in [2.05, 4.69) is 5.32 Å². The number of amides is 1. The van der Waals surface area contributed by atoms with Gasteiger partial charge in [-0.1, -0.05) is 42.5 Å². The third-order valence-electron chi connectivity index (χ3n) is 3.23. The topological polar surface area (TPSA) is 64.3 Å². The molecule has 0 spiro atoms. The van der Waals surface area contributed by atoms with E-state index in [4.69, 9.17) is 10.5 Å². The van der Waals surface area contributed by atoms with Gasteiger partial charge in [-0.25, -0.2) is 0 Å². The van der Waals surface area contributed by atoms with Gasteiger partial charge in [0.25, 0.3) is 0 Å². The van der Waals surface area contributed by atoms with E-state index in [0.717, 1.165) is 11.1 Å². The van der Waals surface area contributed by atoms with E-state index in [1.807, 2.05) is 49.4 Å². The first-order valence-electron chi connectivity index (χ1n) is 7.39. The average Bonchev–Trinajstić information content (AvgIpc) is 2.50. The van der Waals surface area contributed by atoms with Gasteiger partial charge in [-0.05, 0) is 30.2 Å². The zero-order chi connectivity index (χ0) is 15.8. The Balaban J connectivity index is 1.68. The Hall–Kier alpha value is -2.33. The van der Waals surface area contributed by atoms with Crippen LogP contribution in [0.25, 0.3) is 0 Å². The van der Waals surface area contributed by atoms with Crippen LogP contribution in [0.3, 0.4) is 0 Å². The molecule has 2 rings (SSSR count). The number of rotatable bonds is 7. The van der Waals surface area contributed by atoms with Crippen molar-refractivity contribution in [1.82, 2.24) is 5.32 Å². The molecule has 22 heavy (non-hydrogen) atoms. The summed E-state index contributed by atoms with van der Waals surface area (Å²) in [6.45, 7) is 2.98. The van der Waals surface area contributed by atoms with Crippen LogP contribution in [0.15, 0.2) is 54.6 Å². The first kappa shape index (κ1) is 16.0. The zero-order valence-electron chi connectivity index (χ0n) is 12.8. The lowest BCUT2D eigenvalue weighted by Gasteiger charge is -2.14. The fraction of sp³-hybridized carbons (Fsp3) is 0.278. The number of ether oxygens (including phenoxy) is 1. The predicted octanol–water partition coefficient (Wildman–Crippen LogP) is 2.53. The molecule has 0 aromatic heterocycles. The van der Waals surface area contributed by atoms with Crippen molar-refractivity contribution in [2.24, 2.45) is 0 Å². The minimum Gasteiger partial charge on any atom is -0.399 e. The van der Waals surface area contributed by atoms with Crippen molar-refractivity contribution in [3.8, 4) is 0 Å². The number of benzene rings is 2. The fourth-order valence-corrected chi connectivity index (χ4v) is 2.12. The maximum atomic E-state index is 11.9. The van der Waals surface area contributed by atoms with Gasteiger partial charge in [0, 0.05) is 11.7 Å². The number of hydrogen-bond donors (Lipinski definition) is 2. The Morgan fingerprint density at radius 2 is 1.77 bits per heavy atom. The van der Waals surface area contributed by atoms with Gasteiger partial charge < -0.3 is 15.8 Å². The molecule has 0 fully saturated rings. The van der Waals surface area contributed by atoms with Crippen molar-refractivity contribution in [1.29, 1.82) is 0 Å². The third-order valence-corrected chi connectivity index (χ3v) is 3.23. The Morgan fingerprint density at radius 3 is 2.45 bits per heavy atom. The summed E-state index contributed by atoms with van der Waals surface area (Å²) in [5.74, 6) is -0.0133. The van der Waals surface area contributed by atoms with Gasteiger partial charge in [-0.2, -0.15) is 0 Å². The van der Waals surface area contributed by atoms with Gasteiger partial charge in [0.1, 0.15) is 0 Å². The average molecular weight is 298 g/mol.